The van der Waals surface area contributed by atoms with Gasteiger partial charge in [0.05, 0.1) is 5.71 Å². The van der Waals surface area contributed by atoms with Crippen molar-refractivity contribution in [2.75, 3.05) is 13.5 Å². The molecule has 0 aliphatic carbocycles. The summed E-state index contributed by atoms with van der Waals surface area (Å²) in [6, 6.07) is 7.11. The Labute approximate surface area is 94.9 Å². The second-order valence-electron chi connectivity index (χ2n) is 3.09. The minimum atomic E-state index is -0.812. The van der Waals surface area contributed by atoms with Gasteiger partial charge in [-0.3, -0.25) is 0 Å². The van der Waals surface area contributed by atoms with E-state index in [1.165, 1.54) is 0 Å². The Kier molecular flexibility index (Phi) is 5.32. The molecule has 16 heavy (non-hydrogen) atoms. The van der Waals surface area contributed by atoms with Crippen LogP contribution in [0.25, 0.3) is 0 Å². The van der Waals surface area contributed by atoms with Gasteiger partial charge in [0.25, 0.3) is 0 Å². The van der Waals surface area contributed by atoms with Crippen LogP contribution in [-0.2, 0) is 4.84 Å². The molecular formula is C12H16FNO2. The fourth-order valence-electron chi connectivity index (χ4n) is 1.27. The van der Waals surface area contributed by atoms with Crippen molar-refractivity contribution in [2.45, 2.75) is 20.3 Å². The van der Waals surface area contributed by atoms with Gasteiger partial charge in [-0.1, -0.05) is 12.1 Å². The molecule has 0 saturated carbocycles. The predicted molar refractivity (Wildman–Crippen MR) is 61.5 cm³/mol. The molecular weight excluding hydrogens is 209 g/mol. The van der Waals surface area contributed by atoms with E-state index in [2.05, 4.69) is 5.16 Å². The second kappa shape index (κ2) is 6.82. The fraction of sp³-hybridized carbons (Fsp3) is 0.417. The lowest BCUT2D eigenvalue weighted by atomic mass is 10.1. The fourth-order valence-corrected chi connectivity index (χ4v) is 1.27. The Hall–Kier alpha value is -1.58. The smallest absolute Gasteiger partial charge is 0.228 e. The largest absolute Gasteiger partial charge is 0.463 e. The number of nitrogens with zero attached hydrogens (tertiary/aromatic N) is 1. The van der Waals surface area contributed by atoms with Gasteiger partial charge >= 0.3 is 0 Å². The van der Waals surface area contributed by atoms with Gasteiger partial charge < -0.3 is 9.57 Å². The first-order chi connectivity index (χ1) is 7.81. The summed E-state index contributed by atoms with van der Waals surface area (Å²) in [4.78, 5) is 5.02. The van der Waals surface area contributed by atoms with Gasteiger partial charge in [0.15, 0.2) is 0 Å². The van der Waals surface area contributed by atoms with E-state index in [0.717, 1.165) is 17.7 Å². The van der Waals surface area contributed by atoms with E-state index < -0.39 is 6.86 Å². The van der Waals surface area contributed by atoms with Crippen molar-refractivity contribution in [1.82, 2.24) is 0 Å². The van der Waals surface area contributed by atoms with Gasteiger partial charge in [0, 0.05) is 0 Å². The quantitative estimate of drug-likeness (QED) is 0.550. The Morgan fingerprint density at radius 3 is 2.44 bits per heavy atom. The van der Waals surface area contributed by atoms with Crippen LogP contribution < -0.4 is 4.74 Å². The Morgan fingerprint density at radius 2 is 1.94 bits per heavy atom. The van der Waals surface area contributed by atoms with Gasteiger partial charge in [0.1, 0.15) is 12.4 Å². The number of ether oxygens (including phenoxy) is 1. The minimum absolute atomic E-state index is 0.512. The summed E-state index contributed by atoms with van der Waals surface area (Å²) < 4.78 is 16.6. The van der Waals surface area contributed by atoms with Crippen LogP contribution >= 0.6 is 0 Å². The van der Waals surface area contributed by atoms with E-state index in [1.807, 2.05) is 26.0 Å². The van der Waals surface area contributed by atoms with E-state index in [4.69, 9.17) is 9.57 Å². The van der Waals surface area contributed by atoms with Crippen LogP contribution in [0.4, 0.5) is 4.39 Å². The number of benzene rings is 1. The minimum Gasteiger partial charge on any atom is -0.463 e. The zero-order valence-corrected chi connectivity index (χ0v) is 9.57. The van der Waals surface area contributed by atoms with Crippen LogP contribution in [0.2, 0.25) is 0 Å². The third kappa shape index (κ3) is 3.53. The molecule has 0 fully saturated rings. The van der Waals surface area contributed by atoms with Crippen LogP contribution in [0.3, 0.4) is 0 Å². The highest BCUT2D eigenvalue weighted by Crippen LogP contribution is 2.14. The van der Waals surface area contributed by atoms with Crippen molar-refractivity contribution in [3.63, 3.8) is 0 Å². The number of rotatable bonds is 6. The number of halogens is 1. The SMILES string of the molecule is CCO/N=C(/CC)c1ccc(OCF)cc1. The number of hydrogen-bond acceptors (Lipinski definition) is 3. The number of alkyl halides is 1. The standard InChI is InChI=1S/C12H16FNO2/c1-3-12(14-16-4-2)10-5-7-11(8-6-10)15-9-13/h5-8H,3-4,9H2,1-2H3/b14-12-. The van der Waals surface area contributed by atoms with Crippen molar-refractivity contribution in [3.05, 3.63) is 29.8 Å². The summed E-state index contributed by atoms with van der Waals surface area (Å²) in [7, 11) is 0. The van der Waals surface area contributed by atoms with Crippen LogP contribution in [0.1, 0.15) is 25.8 Å². The zero-order valence-electron chi connectivity index (χ0n) is 9.57. The van der Waals surface area contributed by atoms with E-state index in [1.54, 1.807) is 12.1 Å². The van der Waals surface area contributed by atoms with Crippen LogP contribution in [0.5, 0.6) is 5.75 Å². The monoisotopic (exact) mass is 225 g/mol. The Morgan fingerprint density at radius 1 is 1.25 bits per heavy atom. The average molecular weight is 225 g/mol. The summed E-state index contributed by atoms with van der Waals surface area (Å²) in [6.45, 7) is 3.62. The van der Waals surface area contributed by atoms with Gasteiger partial charge in [-0.2, -0.15) is 0 Å². The Balaban J connectivity index is 2.78. The maximum absolute atomic E-state index is 11.9. The zero-order chi connectivity index (χ0) is 11.8. The molecule has 0 aliphatic rings. The molecule has 0 radical (unpaired) electrons. The topological polar surface area (TPSA) is 30.8 Å². The van der Waals surface area contributed by atoms with Crippen LogP contribution in [0.15, 0.2) is 29.4 Å². The van der Waals surface area contributed by atoms with Gasteiger partial charge in [-0.15, -0.1) is 0 Å². The highest BCUT2D eigenvalue weighted by molar-refractivity contribution is 6.00. The molecule has 1 rings (SSSR count). The van der Waals surface area contributed by atoms with Crippen molar-refractivity contribution in [3.8, 4) is 5.75 Å². The molecule has 0 bridgehead atoms. The molecule has 3 nitrogen and oxygen atoms in total. The predicted octanol–water partition coefficient (Wildman–Crippen LogP) is 3.14. The van der Waals surface area contributed by atoms with Crippen LogP contribution in [-0.4, -0.2) is 19.2 Å². The molecule has 88 valence electrons. The lowest BCUT2D eigenvalue weighted by Crippen LogP contribution is -2.00. The first kappa shape index (κ1) is 12.5. The van der Waals surface area contributed by atoms with Gasteiger partial charge in [-0.25, -0.2) is 4.39 Å². The molecule has 0 N–H and O–H groups in total. The summed E-state index contributed by atoms with van der Waals surface area (Å²) >= 11 is 0. The molecule has 0 atom stereocenters. The third-order valence-electron chi connectivity index (χ3n) is 2.05. The van der Waals surface area contributed by atoms with Crippen molar-refractivity contribution < 1.29 is 14.0 Å². The molecule has 0 spiro atoms. The number of hydrogen-bond donors (Lipinski definition) is 0. The molecule has 0 amide bonds. The third-order valence-corrected chi connectivity index (χ3v) is 2.05. The summed E-state index contributed by atoms with van der Waals surface area (Å²) in [6.07, 6.45) is 0.781. The van der Waals surface area contributed by atoms with E-state index in [-0.39, 0.29) is 0 Å². The summed E-state index contributed by atoms with van der Waals surface area (Å²) in [5.74, 6) is 0.512. The normalized spacial score (nSPS) is 11.3. The first-order valence-electron chi connectivity index (χ1n) is 5.29. The molecule has 0 aromatic heterocycles. The van der Waals surface area contributed by atoms with Crippen molar-refractivity contribution >= 4 is 5.71 Å². The highest BCUT2D eigenvalue weighted by atomic mass is 19.1. The molecule has 4 heteroatoms. The van der Waals surface area contributed by atoms with E-state index in [0.29, 0.717) is 12.4 Å². The lowest BCUT2D eigenvalue weighted by Gasteiger charge is -2.05. The maximum atomic E-state index is 11.9. The maximum Gasteiger partial charge on any atom is 0.228 e. The molecule has 0 unspecified atom stereocenters. The van der Waals surface area contributed by atoms with Crippen LogP contribution in [0, 0.1) is 0 Å². The second-order valence-corrected chi connectivity index (χ2v) is 3.09. The Bertz CT molecular complexity index is 335. The molecule has 0 saturated heterocycles. The van der Waals surface area contributed by atoms with Gasteiger partial charge in [0.2, 0.25) is 6.86 Å². The molecule has 0 heterocycles. The highest BCUT2D eigenvalue weighted by Gasteiger charge is 2.02. The molecule has 1 aromatic carbocycles. The first-order valence-corrected chi connectivity index (χ1v) is 5.29. The van der Waals surface area contributed by atoms with Crippen molar-refractivity contribution in [1.29, 1.82) is 0 Å². The summed E-state index contributed by atoms with van der Waals surface area (Å²) in [5, 5.41) is 4.01. The summed E-state index contributed by atoms with van der Waals surface area (Å²) in [5.41, 5.74) is 1.83. The number of oxime groups is 1. The van der Waals surface area contributed by atoms with E-state index >= 15 is 0 Å². The molecule has 1 aromatic rings. The molecule has 0 aliphatic heterocycles. The average Bonchev–Trinajstić information content (AvgIpc) is 2.32. The van der Waals surface area contributed by atoms with E-state index in [9.17, 15) is 4.39 Å². The van der Waals surface area contributed by atoms with Gasteiger partial charge in [-0.05, 0) is 43.2 Å². The van der Waals surface area contributed by atoms with Crippen molar-refractivity contribution in [2.24, 2.45) is 5.16 Å². The lowest BCUT2D eigenvalue weighted by molar-refractivity contribution is 0.158.